The number of rotatable bonds is 6. The summed E-state index contributed by atoms with van der Waals surface area (Å²) in [6.45, 7) is 3.47. The third-order valence-corrected chi connectivity index (χ3v) is 4.51. The van der Waals surface area contributed by atoms with E-state index in [0.717, 1.165) is 45.4 Å². The van der Waals surface area contributed by atoms with Crippen molar-refractivity contribution in [3.63, 3.8) is 0 Å². The average molecular weight is 302 g/mol. The van der Waals surface area contributed by atoms with Gasteiger partial charge in [-0.25, -0.2) is 0 Å². The summed E-state index contributed by atoms with van der Waals surface area (Å²) >= 11 is 0. The van der Waals surface area contributed by atoms with Crippen LogP contribution in [-0.4, -0.2) is 47.9 Å². The molecular formula is C18H26N2O2. The summed E-state index contributed by atoms with van der Waals surface area (Å²) < 4.78 is 5.58. The second-order valence-corrected chi connectivity index (χ2v) is 6.32. The average Bonchev–Trinajstić information content (AvgIpc) is 2.89. The minimum absolute atomic E-state index is 0.204. The Bertz CT molecular complexity index is 477. The molecule has 22 heavy (non-hydrogen) atoms. The minimum Gasteiger partial charge on any atom is -0.497 e. The van der Waals surface area contributed by atoms with Gasteiger partial charge in [-0.1, -0.05) is 30.3 Å². The molecule has 1 saturated heterocycles. The number of aliphatic hydroxyl groups is 1. The quantitative estimate of drug-likeness (QED) is 0.842. The summed E-state index contributed by atoms with van der Waals surface area (Å²) in [5, 5.41) is 13.5. The number of ether oxygens (including phenoxy) is 1. The van der Waals surface area contributed by atoms with E-state index in [0.29, 0.717) is 12.1 Å². The Morgan fingerprint density at radius 2 is 2.09 bits per heavy atom. The number of β-amino-alcohol motifs (C(OH)–C–C–N with tert-alkyl or cyclic N) is 1. The van der Waals surface area contributed by atoms with Crippen molar-refractivity contribution < 1.29 is 9.84 Å². The van der Waals surface area contributed by atoms with Gasteiger partial charge in [0.1, 0.15) is 6.10 Å². The van der Waals surface area contributed by atoms with Gasteiger partial charge in [0.2, 0.25) is 0 Å². The first-order chi connectivity index (χ1) is 10.8. The van der Waals surface area contributed by atoms with Crippen molar-refractivity contribution in [2.24, 2.45) is 0 Å². The molecule has 0 aliphatic carbocycles. The van der Waals surface area contributed by atoms with Crippen molar-refractivity contribution in [1.82, 2.24) is 10.2 Å². The highest BCUT2D eigenvalue weighted by atomic mass is 16.5. The molecule has 3 unspecified atom stereocenters. The van der Waals surface area contributed by atoms with Crippen LogP contribution >= 0.6 is 0 Å². The largest absolute Gasteiger partial charge is 0.497 e. The maximum absolute atomic E-state index is 9.99. The number of aliphatic hydroxyl groups excluding tert-OH is 1. The molecule has 0 aromatic heterocycles. The van der Waals surface area contributed by atoms with Crippen molar-refractivity contribution in [3.05, 3.63) is 48.2 Å². The second kappa shape index (κ2) is 7.77. The van der Waals surface area contributed by atoms with Gasteiger partial charge in [-0.3, -0.25) is 4.90 Å². The van der Waals surface area contributed by atoms with Gasteiger partial charge >= 0.3 is 0 Å². The van der Waals surface area contributed by atoms with Gasteiger partial charge in [0, 0.05) is 32.2 Å². The van der Waals surface area contributed by atoms with Crippen LogP contribution < -0.4 is 5.32 Å². The van der Waals surface area contributed by atoms with Crippen LogP contribution in [0.2, 0.25) is 0 Å². The molecule has 1 aromatic rings. The zero-order valence-electron chi connectivity index (χ0n) is 13.0. The lowest BCUT2D eigenvalue weighted by Crippen LogP contribution is -2.40. The van der Waals surface area contributed by atoms with Crippen LogP contribution in [0.5, 0.6) is 0 Å². The molecule has 0 amide bonds. The molecule has 120 valence electrons. The molecule has 3 rings (SSSR count). The normalized spacial score (nSPS) is 28.7. The standard InChI is InChI=1S/C18H26N2O2/c21-17-10-16(11-19-12-18-8-4-5-9-22-18)20(14-17)13-15-6-2-1-3-7-15/h1-3,5-7,9,16-19,21H,4,8,10-14H2. The van der Waals surface area contributed by atoms with Crippen molar-refractivity contribution in [3.8, 4) is 0 Å². The van der Waals surface area contributed by atoms with Crippen LogP contribution in [0.4, 0.5) is 0 Å². The molecule has 3 atom stereocenters. The van der Waals surface area contributed by atoms with Gasteiger partial charge < -0.3 is 15.2 Å². The zero-order chi connectivity index (χ0) is 15.2. The topological polar surface area (TPSA) is 44.7 Å². The zero-order valence-corrected chi connectivity index (χ0v) is 13.0. The van der Waals surface area contributed by atoms with Crippen LogP contribution in [0, 0.1) is 0 Å². The van der Waals surface area contributed by atoms with Crippen LogP contribution in [-0.2, 0) is 11.3 Å². The van der Waals surface area contributed by atoms with Gasteiger partial charge in [0.05, 0.1) is 12.4 Å². The smallest absolute Gasteiger partial charge is 0.110 e. The van der Waals surface area contributed by atoms with Crippen LogP contribution in [0.25, 0.3) is 0 Å². The number of nitrogens with zero attached hydrogens (tertiary/aromatic N) is 1. The molecule has 1 fully saturated rings. The SMILES string of the molecule is OC1CC(CNCC2CCC=CO2)N(Cc2ccccc2)C1. The van der Waals surface area contributed by atoms with E-state index in [1.165, 1.54) is 5.56 Å². The maximum atomic E-state index is 9.99. The number of allylic oxidation sites excluding steroid dienone is 1. The van der Waals surface area contributed by atoms with E-state index in [9.17, 15) is 5.11 Å². The predicted molar refractivity (Wildman–Crippen MR) is 87.4 cm³/mol. The number of hydrogen-bond acceptors (Lipinski definition) is 4. The summed E-state index contributed by atoms with van der Waals surface area (Å²) in [6.07, 6.45) is 7.02. The monoisotopic (exact) mass is 302 g/mol. The Morgan fingerprint density at radius 3 is 2.86 bits per heavy atom. The molecular weight excluding hydrogens is 276 g/mol. The van der Waals surface area contributed by atoms with E-state index in [-0.39, 0.29) is 6.10 Å². The third-order valence-electron chi connectivity index (χ3n) is 4.51. The molecule has 2 aliphatic rings. The Balaban J connectivity index is 1.47. The van der Waals surface area contributed by atoms with Gasteiger partial charge in [-0.05, 0) is 30.9 Å². The highest BCUT2D eigenvalue weighted by molar-refractivity contribution is 5.15. The third kappa shape index (κ3) is 4.32. The summed E-state index contributed by atoms with van der Waals surface area (Å²) in [6, 6.07) is 10.9. The van der Waals surface area contributed by atoms with Crippen LogP contribution in [0.3, 0.4) is 0 Å². The van der Waals surface area contributed by atoms with Gasteiger partial charge in [-0.15, -0.1) is 0 Å². The fraction of sp³-hybridized carbons (Fsp3) is 0.556. The van der Waals surface area contributed by atoms with Gasteiger partial charge in [0.25, 0.3) is 0 Å². The summed E-state index contributed by atoms with van der Waals surface area (Å²) in [5.41, 5.74) is 1.31. The number of nitrogens with one attached hydrogen (secondary N) is 1. The molecule has 0 bridgehead atoms. The first kappa shape index (κ1) is 15.5. The highest BCUT2D eigenvalue weighted by Crippen LogP contribution is 2.20. The molecule has 2 heterocycles. The van der Waals surface area contributed by atoms with Crippen LogP contribution in [0.1, 0.15) is 24.8 Å². The number of likely N-dealkylation sites (tertiary alicyclic amines) is 1. The first-order valence-electron chi connectivity index (χ1n) is 8.28. The van der Waals surface area contributed by atoms with Gasteiger partial charge in [0.15, 0.2) is 0 Å². The lowest BCUT2D eigenvalue weighted by Gasteiger charge is -2.26. The Hall–Kier alpha value is -1.36. The van der Waals surface area contributed by atoms with E-state index >= 15 is 0 Å². The van der Waals surface area contributed by atoms with Crippen molar-refractivity contribution in [2.75, 3.05) is 19.6 Å². The Kier molecular flexibility index (Phi) is 5.48. The van der Waals surface area contributed by atoms with Gasteiger partial charge in [-0.2, -0.15) is 0 Å². The van der Waals surface area contributed by atoms with E-state index in [1.54, 1.807) is 0 Å². The molecule has 1 aromatic carbocycles. The molecule has 0 spiro atoms. The molecule has 0 saturated carbocycles. The van der Waals surface area contributed by atoms with Crippen molar-refractivity contribution >= 4 is 0 Å². The van der Waals surface area contributed by atoms with Crippen molar-refractivity contribution in [1.29, 1.82) is 0 Å². The summed E-state index contributed by atoms with van der Waals surface area (Å²) in [4.78, 5) is 2.38. The summed E-state index contributed by atoms with van der Waals surface area (Å²) in [7, 11) is 0. The maximum Gasteiger partial charge on any atom is 0.110 e. The van der Waals surface area contributed by atoms with E-state index in [2.05, 4.69) is 40.6 Å². The predicted octanol–water partition coefficient (Wildman–Crippen LogP) is 1.90. The first-order valence-corrected chi connectivity index (χ1v) is 8.28. The highest BCUT2D eigenvalue weighted by Gasteiger charge is 2.30. The molecule has 2 N–H and O–H groups in total. The van der Waals surface area contributed by atoms with Crippen molar-refractivity contribution in [2.45, 2.75) is 44.1 Å². The minimum atomic E-state index is -0.204. The van der Waals surface area contributed by atoms with E-state index < -0.39 is 0 Å². The molecule has 0 radical (unpaired) electrons. The molecule has 4 nitrogen and oxygen atoms in total. The fourth-order valence-corrected chi connectivity index (χ4v) is 3.33. The lowest BCUT2D eigenvalue weighted by molar-refractivity contribution is 0.119. The van der Waals surface area contributed by atoms with E-state index in [1.807, 2.05) is 12.3 Å². The summed E-state index contributed by atoms with van der Waals surface area (Å²) in [5.74, 6) is 0. The molecule has 4 heteroatoms. The van der Waals surface area contributed by atoms with Crippen LogP contribution in [0.15, 0.2) is 42.7 Å². The number of benzene rings is 1. The Labute approximate surface area is 132 Å². The fourth-order valence-electron chi connectivity index (χ4n) is 3.33. The lowest BCUT2D eigenvalue weighted by atomic mass is 10.1. The Morgan fingerprint density at radius 1 is 1.23 bits per heavy atom. The van der Waals surface area contributed by atoms with E-state index in [4.69, 9.17) is 4.74 Å². The number of hydrogen-bond donors (Lipinski definition) is 2. The second-order valence-electron chi connectivity index (χ2n) is 6.32. The molecule has 2 aliphatic heterocycles.